The lowest BCUT2D eigenvalue weighted by atomic mass is 9.95. The molecule has 0 N–H and O–H groups in total. The van der Waals surface area contributed by atoms with Crippen molar-refractivity contribution in [2.75, 3.05) is 51.6 Å². The van der Waals surface area contributed by atoms with E-state index in [1.165, 1.54) is 31.5 Å². The Morgan fingerprint density at radius 2 is 1.75 bits per heavy atom. The lowest BCUT2D eigenvalue weighted by molar-refractivity contribution is -0.143. The van der Waals surface area contributed by atoms with E-state index in [1.807, 2.05) is 4.90 Å². The number of alkyl halides is 1. The Labute approximate surface area is 368 Å². The third kappa shape index (κ3) is 8.11. The van der Waals surface area contributed by atoms with Gasteiger partial charge in [-0.3, -0.25) is 19.6 Å². The minimum absolute atomic E-state index is 0.0186. The second kappa shape index (κ2) is 17.1. The van der Waals surface area contributed by atoms with Crippen molar-refractivity contribution >= 4 is 39.6 Å². The molecule has 2 aromatic heterocycles. The van der Waals surface area contributed by atoms with Crippen LogP contribution in [0, 0.1) is 29.4 Å². The summed E-state index contributed by atoms with van der Waals surface area (Å²) in [5.74, 6) is 1.68. The molecule has 0 spiro atoms. The summed E-state index contributed by atoms with van der Waals surface area (Å²) < 4.78 is 75.9. The third-order valence-corrected chi connectivity index (χ3v) is 12.8. The Hall–Kier alpha value is -6.18. The van der Waals surface area contributed by atoms with Gasteiger partial charge in [0.1, 0.15) is 53.7 Å². The molecule has 0 aliphatic carbocycles. The number of nitrogens with zero attached hydrogens (tertiary/aromatic N) is 6. The van der Waals surface area contributed by atoms with Gasteiger partial charge in [-0.2, -0.15) is 9.97 Å². The molecule has 2 bridgehead atoms. The standard InChI is InChI=1S/C48H49F3N6O7/c1-6-35-38(50)15-10-29-18-34(63-27-60-5)19-36(39(29)35)41-40(51)42-37(21-52-41)43(54-45(53-42)62-26-48-16-7-17-56(48)22-30(49)20-48)55-23-31-11-12-32(24-55)57(31)46(59)61-25-28-8-13-33(14-9-28)64-44(58)47(2,3)4/h1,8-10,13-15,18-19,21,30-32H,7,11-12,16-17,20,22-27H2,2-5H3/t30-,31?,32?,48+/m1/s1. The number of halogens is 3. The molecule has 2 unspecified atom stereocenters. The van der Waals surface area contributed by atoms with Crippen molar-refractivity contribution in [3.8, 4) is 41.1 Å². The first-order valence-corrected chi connectivity index (χ1v) is 21.5. The van der Waals surface area contributed by atoms with Gasteiger partial charge in [0.25, 0.3) is 0 Å². The van der Waals surface area contributed by atoms with Gasteiger partial charge in [-0.15, -0.1) is 6.42 Å². The first-order chi connectivity index (χ1) is 30.7. The zero-order valence-corrected chi connectivity index (χ0v) is 36.2. The van der Waals surface area contributed by atoms with Crippen LogP contribution in [-0.4, -0.2) is 107 Å². The predicted molar refractivity (Wildman–Crippen MR) is 232 cm³/mol. The van der Waals surface area contributed by atoms with Crippen molar-refractivity contribution < 1.29 is 46.4 Å². The number of methoxy groups -OCH3 is 1. The van der Waals surface area contributed by atoms with Crippen LogP contribution in [0.5, 0.6) is 17.5 Å². The lowest BCUT2D eigenvalue weighted by Gasteiger charge is -2.41. The van der Waals surface area contributed by atoms with Gasteiger partial charge in [0.15, 0.2) is 12.6 Å². The van der Waals surface area contributed by atoms with E-state index in [-0.39, 0.29) is 71.8 Å². The van der Waals surface area contributed by atoms with Crippen molar-refractivity contribution in [2.45, 2.75) is 83.3 Å². The summed E-state index contributed by atoms with van der Waals surface area (Å²) in [6, 6.07) is 12.2. The van der Waals surface area contributed by atoms with Crippen LogP contribution in [0.15, 0.2) is 54.7 Å². The monoisotopic (exact) mass is 878 g/mol. The molecule has 0 radical (unpaired) electrons. The topological polar surface area (TPSA) is 129 Å². The number of carbonyl (C=O) groups excluding carboxylic acids is 2. The number of benzene rings is 3. The van der Waals surface area contributed by atoms with Gasteiger partial charge in [0.05, 0.1) is 34.0 Å². The van der Waals surface area contributed by atoms with Crippen molar-refractivity contribution in [1.29, 1.82) is 0 Å². The second-order valence-corrected chi connectivity index (χ2v) is 18.1. The zero-order valence-electron chi connectivity index (χ0n) is 36.2. The number of aromatic nitrogens is 3. The number of pyridine rings is 1. The fourth-order valence-electron chi connectivity index (χ4n) is 9.62. The number of piperazine rings is 1. The number of rotatable bonds is 11. The number of terminal acetylenes is 1. The molecule has 3 aromatic carbocycles. The number of hydrogen-bond donors (Lipinski definition) is 0. The summed E-state index contributed by atoms with van der Waals surface area (Å²) in [4.78, 5) is 46.0. The van der Waals surface area contributed by atoms with Crippen molar-refractivity contribution in [3.63, 3.8) is 0 Å². The van der Waals surface area contributed by atoms with Crippen LogP contribution < -0.4 is 19.1 Å². The van der Waals surface area contributed by atoms with Crippen LogP contribution >= 0.6 is 0 Å². The van der Waals surface area contributed by atoms with E-state index >= 15 is 8.78 Å². The van der Waals surface area contributed by atoms with Gasteiger partial charge in [0, 0.05) is 50.3 Å². The average molecular weight is 879 g/mol. The molecule has 4 atom stereocenters. The Morgan fingerprint density at radius 3 is 2.47 bits per heavy atom. The molecule has 4 aliphatic heterocycles. The molecule has 16 heteroatoms. The maximum absolute atomic E-state index is 17.4. The Bertz CT molecular complexity index is 2660. The van der Waals surface area contributed by atoms with E-state index in [1.54, 1.807) is 56.0 Å². The Morgan fingerprint density at radius 1 is 0.984 bits per heavy atom. The number of fused-ring (bicyclic) bond motifs is 5. The number of hydrogen-bond acceptors (Lipinski definition) is 12. The van der Waals surface area contributed by atoms with Crippen molar-refractivity contribution in [3.05, 3.63) is 77.5 Å². The molecule has 4 saturated heterocycles. The van der Waals surface area contributed by atoms with E-state index in [4.69, 9.17) is 35.1 Å². The summed E-state index contributed by atoms with van der Waals surface area (Å²) in [6.45, 7) is 7.16. The van der Waals surface area contributed by atoms with Crippen molar-refractivity contribution in [1.82, 2.24) is 24.8 Å². The number of esters is 1. The minimum Gasteiger partial charge on any atom is -0.468 e. The van der Waals surface area contributed by atoms with Gasteiger partial charge >= 0.3 is 18.1 Å². The van der Waals surface area contributed by atoms with Crippen LogP contribution in [0.3, 0.4) is 0 Å². The molecule has 5 aromatic rings. The van der Waals surface area contributed by atoms with Gasteiger partial charge in [-0.25, -0.2) is 18.0 Å². The average Bonchev–Trinajstić information content (AvgIpc) is 3.90. The number of ether oxygens (including phenoxy) is 5. The maximum Gasteiger partial charge on any atom is 0.410 e. The van der Waals surface area contributed by atoms with Gasteiger partial charge in [0.2, 0.25) is 0 Å². The molecule has 1 amide bonds. The molecule has 13 nitrogen and oxygen atoms in total. The molecular weight excluding hydrogens is 830 g/mol. The Kier molecular flexibility index (Phi) is 11.5. The van der Waals surface area contributed by atoms with E-state index in [0.29, 0.717) is 67.0 Å². The van der Waals surface area contributed by atoms with Crippen LogP contribution in [0.2, 0.25) is 0 Å². The van der Waals surface area contributed by atoms with Crippen LogP contribution in [0.25, 0.3) is 32.9 Å². The molecule has 4 fully saturated rings. The highest BCUT2D eigenvalue weighted by molar-refractivity contribution is 6.03. The highest BCUT2D eigenvalue weighted by atomic mass is 19.1. The third-order valence-electron chi connectivity index (χ3n) is 12.8. The normalized spacial score (nSPS) is 21.9. The highest BCUT2D eigenvalue weighted by Gasteiger charge is 2.50. The number of anilines is 1. The van der Waals surface area contributed by atoms with E-state index in [0.717, 1.165) is 24.9 Å². The maximum atomic E-state index is 17.4. The zero-order chi connectivity index (χ0) is 44.9. The van der Waals surface area contributed by atoms with E-state index < -0.39 is 34.9 Å². The Balaban J connectivity index is 1.03. The molecule has 0 saturated carbocycles. The molecular formula is C48H49F3N6O7. The van der Waals surface area contributed by atoms with Crippen LogP contribution in [0.1, 0.15) is 64.0 Å². The molecule has 6 heterocycles. The molecule has 334 valence electrons. The summed E-state index contributed by atoms with van der Waals surface area (Å²) in [5.41, 5.74) is -0.574. The quantitative estimate of drug-likeness (QED) is 0.0552. The van der Waals surface area contributed by atoms with Crippen LogP contribution in [0.4, 0.5) is 23.8 Å². The van der Waals surface area contributed by atoms with Crippen molar-refractivity contribution in [2.24, 2.45) is 5.41 Å². The summed E-state index contributed by atoms with van der Waals surface area (Å²) in [6.07, 6.45) is 9.24. The highest BCUT2D eigenvalue weighted by Crippen LogP contribution is 2.43. The molecule has 64 heavy (non-hydrogen) atoms. The summed E-state index contributed by atoms with van der Waals surface area (Å²) in [5, 5.41) is 1.06. The smallest absolute Gasteiger partial charge is 0.410 e. The summed E-state index contributed by atoms with van der Waals surface area (Å²) >= 11 is 0. The first kappa shape index (κ1) is 43.1. The van der Waals surface area contributed by atoms with Gasteiger partial charge in [-0.05, 0) is 94.3 Å². The molecule has 4 aliphatic rings. The minimum atomic E-state index is -0.983. The first-order valence-electron chi connectivity index (χ1n) is 21.5. The fraction of sp³-hybridized carbons (Fsp3) is 0.438. The van der Waals surface area contributed by atoms with Crippen LogP contribution in [-0.2, 0) is 20.9 Å². The molecule has 9 rings (SSSR count). The second-order valence-electron chi connectivity index (χ2n) is 18.1. The predicted octanol–water partition coefficient (Wildman–Crippen LogP) is 7.98. The lowest BCUT2D eigenvalue weighted by Crippen LogP contribution is -2.56. The van der Waals surface area contributed by atoms with Gasteiger partial charge < -0.3 is 28.6 Å². The fourth-order valence-corrected chi connectivity index (χ4v) is 9.62. The van der Waals surface area contributed by atoms with E-state index in [2.05, 4.69) is 20.8 Å². The largest absolute Gasteiger partial charge is 0.468 e. The number of carbonyl (C=O) groups is 2. The van der Waals surface area contributed by atoms with E-state index in [9.17, 15) is 14.0 Å². The number of amides is 1. The summed E-state index contributed by atoms with van der Waals surface area (Å²) in [7, 11) is 1.47. The van der Waals surface area contributed by atoms with Gasteiger partial charge in [-0.1, -0.05) is 24.1 Å². The SMILES string of the molecule is C#Cc1c(F)ccc2cc(OCOC)cc(-c3ncc4c(N5CC6CCC(C5)N6C(=O)OCc5ccc(OC(=O)C(C)(C)C)cc5)nc(OC[C@@]56CCCN5C[C@H](F)C6)nc4c3F)c12.